The molecule has 0 aliphatic carbocycles. The highest BCUT2D eigenvalue weighted by Crippen LogP contribution is 2.14. The second kappa shape index (κ2) is 3.62. The van der Waals surface area contributed by atoms with Crippen LogP contribution >= 0.6 is 0 Å². The highest BCUT2D eigenvalue weighted by molar-refractivity contribution is 5.88. The second-order valence-electron chi connectivity index (χ2n) is 3.25. The van der Waals surface area contributed by atoms with E-state index in [2.05, 4.69) is 5.32 Å². The van der Waals surface area contributed by atoms with Crippen molar-refractivity contribution in [1.29, 1.82) is 5.41 Å². The molecule has 0 spiro atoms. The van der Waals surface area contributed by atoms with Gasteiger partial charge in [-0.3, -0.25) is 10.7 Å². The Morgan fingerprint density at radius 2 is 2.23 bits per heavy atom. The van der Waals surface area contributed by atoms with Crippen molar-refractivity contribution >= 4 is 5.84 Å². The monoisotopic (exact) mass is 181 g/mol. The molecule has 0 aromatic rings. The van der Waals surface area contributed by atoms with E-state index >= 15 is 0 Å². The van der Waals surface area contributed by atoms with Crippen molar-refractivity contribution in [2.45, 2.75) is 25.6 Å². The molecule has 4 nitrogen and oxygen atoms in total. The first-order chi connectivity index (χ1) is 6.07. The molecule has 4 N–H and O–H groups in total. The van der Waals surface area contributed by atoms with Gasteiger partial charge >= 0.3 is 0 Å². The maximum absolute atomic E-state index is 7.44. The zero-order valence-electron chi connectivity index (χ0n) is 7.87. The van der Waals surface area contributed by atoms with E-state index in [1.165, 1.54) is 6.26 Å². The fourth-order valence-corrected chi connectivity index (χ4v) is 1.16. The van der Waals surface area contributed by atoms with Crippen LogP contribution in [0.4, 0.5) is 0 Å². The van der Waals surface area contributed by atoms with Gasteiger partial charge in [-0.15, -0.1) is 0 Å². The van der Waals surface area contributed by atoms with Crippen molar-refractivity contribution in [3.63, 3.8) is 0 Å². The van der Waals surface area contributed by atoms with Gasteiger partial charge in [0.2, 0.25) is 5.72 Å². The summed E-state index contributed by atoms with van der Waals surface area (Å²) in [4.78, 5) is 0. The Kier molecular flexibility index (Phi) is 2.72. The standard InChI is InChI=1S/C9H15N3O/c1-7(2)12-9(8(10)11)5-3-4-6-13-9/h3-7,12H,1-2H3,(H3,10,11). The molecule has 0 amide bonds. The van der Waals surface area contributed by atoms with Crippen LogP contribution in [-0.2, 0) is 4.74 Å². The van der Waals surface area contributed by atoms with Crippen LogP contribution in [0.15, 0.2) is 24.5 Å². The molecule has 1 unspecified atom stereocenters. The fraction of sp³-hybridized carbons (Fsp3) is 0.444. The van der Waals surface area contributed by atoms with Gasteiger partial charge in [0.25, 0.3) is 0 Å². The van der Waals surface area contributed by atoms with Crippen LogP contribution in [0.25, 0.3) is 0 Å². The lowest BCUT2D eigenvalue weighted by atomic mass is 10.1. The third-order valence-electron chi connectivity index (χ3n) is 1.68. The summed E-state index contributed by atoms with van der Waals surface area (Å²) in [5.74, 6) is -0.0400. The summed E-state index contributed by atoms with van der Waals surface area (Å²) in [7, 11) is 0. The molecular weight excluding hydrogens is 166 g/mol. The summed E-state index contributed by atoms with van der Waals surface area (Å²) in [5, 5.41) is 10.5. The quantitative estimate of drug-likeness (QED) is 0.443. The Morgan fingerprint density at radius 1 is 1.54 bits per heavy atom. The first kappa shape index (κ1) is 9.80. The minimum atomic E-state index is -0.955. The van der Waals surface area contributed by atoms with Gasteiger partial charge in [0.1, 0.15) is 0 Å². The Bertz CT molecular complexity index is 258. The number of amidine groups is 1. The van der Waals surface area contributed by atoms with E-state index in [1.807, 2.05) is 13.8 Å². The van der Waals surface area contributed by atoms with E-state index in [4.69, 9.17) is 15.9 Å². The van der Waals surface area contributed by atoms with Crippen LogP contribution in [0, 0.1) is 5.41 Å². The third-order valence-corrected chi connectivity index (χ3v) is 1.68. The van der Waals surface area contributed by atoms with Crippen LogP contribution < -0.4 is 11.1 Å². The van der Waals surface area contributed by atoms with Crippen molar-refractivity contribution in [3.8, 4) is 0 Å². The van der Waals surface area contributed by atoms with Crippen molar-refractivity contribution < 1.29 is 4.74 Å². The van der Waals surface area contributed by atoms with Crippen molar-refractivity contribution in [2.75, 3.05) is 0 Å². The predicted octanol–water partition coefficient (Wildman–Crippen LogP) is 0.717. The Labute approximate surface area is 78.0 Å². The molecule has 13 heavy (non-hydrogen) atoms. The van der Waals surface area contributed by atoms with E-state index in [0.717, 1.165) is 0 Å². The van der Waals surface area contributed by atoms with Crippen molar-refractivity contribution in [3.05, 3.63) is 24.5 Å². The molecule has 72 valence electrons. The predicted molar refractivity (Wildman–Crippen MR) is 52.3 cm³/mol. The van der Waals surface area contributed by atoms with Crippen LogP contribution in [0.2, 0.25) is 0 Å². The van der Waals surface area contributed by atoms with Crippen LogP contribution in [0.1, 0.15) is 13.8 Å². The maximum atomic E-state index is 7.44. The number of ether oxygens (including phenoxy) is 1. The first-order valence-electron chi connectivity index (χ1n) is 4.21. The lowest BCUT2D eigenvalue weighted by Gasteiger charge is -2.32. The highest BCUT2D eigenvalue weighted by atomic mass is 16.5. The third kappa shape index (κ3) is 2.09. The largest absolute Gasteiger partial charge is 0.469 e. The molecule has 1 rings (SSSR count). The molecule has 1 aliphatic heterocycles. The number of allylic oxidation sites excluding steroid dienone is 2. The number of nitrogens with one attached hydrogen (secondary N) is 2. The number of hydrogen-bond donors (Lipinski definition) is 3. The topological polar surface area (TPSA) is 71.1 Å². The van der Waals surface area contributed by atoms with Gasteiger partial charge < -0.3 is 10.5 Å². The summed E-state index contributed by atoms with van der Waals surface area (Å²) in [5.41, 5.74) is 4.51. The highest BCUT2D eigenvalue weighted by Gasteiger charge is 2.33. The van der Waals surface area contributed by atoms with E-state index in [0.29, 0.717) is 0 Å². The minimum Gasteiger partial charge on any atom is -0.469 e. The molecule has 1 heterocycles. The minimum absolute atomic E-state index is 0.0400. The fourth-order valence-electron chi connectivity index (χ4n) is 1.16. The Morgan fingerprint density at radius 3 is 2.62 bits per heavy atom. The number of rotatable bonds is 3. The molecule has 0 radical (unpaired) electrons. The maximum Gasteiger partial charge on any atom is 0.237 e. The molecule has 0 fully saturated rings. The smallest absolute Gasteiger partial charge is 0.237 e. The van der Waals surface area contributed by atoms with Crippen LogP contribution in [0.5, 0.6) is 0 Å². The van der Waals surface area contributed by atoms with E-state index in [-0.39, 0.29) is 11.9 Å². The summed E-state index contributed by atoms with van der Waals surface area (Å²) in [6.45, 7) is 3.94. The summed E-state index contributed by atoms with van der Waals surface area (Å²) in [6, 6.07) is 0.194. The normalized spacial score (nSPS) is 26.1. The number of nitrogens with two attached hydrogens (primary N) is 1. The molecule has 0 aromatic carbocycles. The molecule has 0 bridgehead atoms. The van der Waals surface area contributed by atoms with Crippen LogP contribution in [-0.4, -0.2) is 17.6 Å². The van der Waals surface area contributed by atoms with Crippen molar-refractivity contribution in [2.24, 2.45) is 5.73 Å². The van der Waals surface area contributed by atoms with Gasteiger partial charge in [0, 0.05) is 6.04 Å². The van der Waals surface area contributed by atoms with E-state index in [1.54, 1.807) is 18.2 Å². The lowest BCUT2D eigenvalue weighted by molar-refractivity contribution is 0.0851. The van der Waals surface area contributed by atoms with Gasteiger partial charge in [-0.2, -0.15) is 0 Å². The van der Waals surface area contributed by atoms with Crippen LogP contribution in [0.3, 0.4) is 0 Å². The summed E-state index contributed by atoms with van der Waals surface area (Å²) < 4.78 is 5.31. The SMILES string of the molecule is CC(C)NC1(C(=N)N)C=CC=CO1. The average Bonchev–Trinajstić information content (AvgIpc) is 2.04. The van der Waals surface area contributed by atoms with Gasteiger partial charge in [0.15, 0.2) is 5.84 Å². The molecule has 0 aromatic heterocycles. The Balaban J connectivity index is 2.82. The van der Waals surface area contributed by atoms with Gasteiger partial charge in [0.05, 0.1) is 6.26 Å². The van der Waals surface area contributed by atoms with Crippen molar-refractivity contribution in [1.82, 2.24) is 5.32 Å². The first-order valence-corrected chi connectivity index (χ1v) is 4.21. The number of hydrogen-bond acceptors (Lipinski definition) is 3. The molecule has 0 saturated heterocycles. The Hall–Kier alpha value is -1.29. The van der Waals surface area contributed by atoms with E-state index in [9.17, 15) is 0 Å². The summed E-state index contributed by atoms with van der Waals surface area (Å²) in [6.07, 6.45) is 6.82. The lowest BCUT2D eigenvalue weighted by Crippen LogP contribution is -2.57. The molecule has 0 saturated carbocycles. The van der Waals surface area contributed by atoms with Gasteiger partial charge in [-0.25, -0.2) is 0 Å². The van der Waals surface area contributed by atoms with E-state index < -0.39 is 5.72 Å². The molecular formula is C9H15N3O. The average molecular weight is 181 g/mol. The van der Waals surface area contributed by atoms with Gasteiger partial charge in [-0.05, 0) is 26.0 Å². The zero-order valence-corrected chi connectivity index (χ0v) is 7.87. The second-order valence-corrected chi connectivity index (χ2v) is 3.25. The molecule has 4 heteroatoms. The zero-order chi connectivity index (χ0) is 9.90. The van der Waals surface area contributed by atoms with Gasteiger partial charge in [-0.1, -0.05) is 6.08 Å². The molecule has 1 atom stereocenters. The molecule has 1 aliphatic rings. The summed E-state index contributed by atoms with van der Waals surface area (Å²) >= 11 is 0.